The van der Waals surface area contributed by atoms with Gasteiger partial charge in [0.15, 0.2) is 0 Å². The first kappa shape index (κ1) is 9.65. The van der Waals surface area contributed by atoms with Crippen molar-refractivity contribution in [1.82, 2.24) is 9.55 Å². The number of rotatable bonds is 1. The van der Waals surface area contributed by atoms with Gasteiger partial charge in [0.2, 0.25) is 0 Å². The minimum Gasteiger partial charge on any atom is -0.328 e. The van der Waals surface area contributed by atoms with Gasteiger partial charge in [0, 0.05) is 12.1 Å². The molecule has 0 atom stereocenters. The molecule has 4 heteroatoms. The van der Waals surface area contributed by atoms with Gasteiger partial charge in [-0.15, -0.1) is 0 Å². The van der Waals surface area contributed by atoms with E-state index < -0.39 is 0 Å². The van der Waals surface area contributed by atoms with Gasteiger partial charge < -0.3 is 4.57 Å². The van der Waals surface area contributed by atoms with E-state index in [4.69, 9.17) is 0 Å². The second kappa shape index (κ2) is 3.35. The molecular formula is C10H10BrFN2. The van der Waals surface area contributed by atoms with Crippen molar-refractivity contribution in [2.45, 2.75) is 19.9 Å². The van der Waals surface area contributed by atoms with E-state index in [1.807, 2.05) is 18.4 Å². The van der Waals surface area contributed by atoms with Crippen molar-refractivity contribution in [3.05, 3.63) is 28.7 Å². The SMILES string of the molecule is CC(C)n1cnc2cc(Br)c(F)cc21. The lowest BCUT2D eigenvalue weighted by Gasteiger charge is -2.07. The van der Waals surface area contributed by atoms with Gasteiger partial charge in [0.25, 0.3) is 0 Å². The fourth-order valence-corrected chi connectivity index (χ4v) is 1.77. The van der Waals surface area contributed by atoms with Gasteiger partial charge >= 0.3 is 0 Å². The minimum atomic E-state index is -0.250. The molecule has 1 aromatic heterocycles. The monoisotopic (exact) mass is 256 g/mol. The number of hydrogen-bond acceptors (Lipinski definition) is 1. The quantitative estimate of drug-likeness (QED) is 0.764. The van der Waals surface area contributed by atoms with Crippen molar-refractivity contribution in [1.29, 1.82) is 0 Å². The third-order valence-corrected chi connectivity index (χ3v) is 2.78. The van der Waals surface area contributed by atoms with Crippen LogP contribution in [0.5, 0.6) is 0 Å². The van der Waals surface area contributed by atoms with E-state index in [0.29, 0.717) is 10.5 Å². The third-order valence-electron chi connectivity index (χ3n) is 2.17. The van der Waals surface area contributed by atoms with Crippen LogP contribution in [0, 0.1) is 5.82 Å². The van der Waals surface area contributed by atoms with Crippen molar-refractivity contribution in [3.8, 4) is 0 Å². The zero-order valence-corrected chi connectivity index (χ0v) is 9.55. The van der Waals surface area contributed by atoms with Crippen molar-refractivity contribution < 1.29 is 4.39 Å². The van der Waals surface area contributed by atoms with Gasteiger partial charge in [-0.1, -0.05) is 0 Å². The molecule has 0 radical (unpaired) electrons. The summed E-state index contributed by atoms with van der Waals surface area (Å²) in [5.74, 6) is -0.250. The largest absolute Gasteiger partial charge is 0.328 e. The molecule has 0 fully saturated rings. The fraction of sp³-hybridized carbons (Fsp3) is 0.300. The smallest absolute Gasteiger partial charge is 0.139 e. The summed E-state index contributed by atoms with van der Waals surface area (Å²) in [6.07, 6.45) is 1.74. The average Bonchev–Trinajstić information content (AvgIpc) is 2.48. The molecule has 2 rings (SSSR count). The Kier molecular flexibility index (Phi) is 2.31. The molecule has 2 aromatic rings. The number of fused-ring (bicyclic) bond motifs is 1. The highest BCUT2D eigenvalue weighted by molar-refractivity contribution is 9.10. The molecule has 0 aliphatic carbocycles. The number of aromatic nitrogens is 2. The van der Waals surface area contributed by atoms with Crippen LogP contribution in [0.25, 0.3) is 11.0 Å². The first-order valence-corrected chi connectivity index (χ1v) is 5.20. The zero-order chi connectivity index (χ0) is 10.3. The maximum Gasteiger partial charge on any atom is 0.139 e. The highest BCUT2D eigenvalue weighted by Crippen LogP contribution is 2.24. The molecule has 0 amide bonds. The molecule has 0 aliphatic rings. The van der Waals surface area contributed by atoms with Gasteiger partial charge in [-0.2, -0.15) is 0 Å². The Hall–Kier alpha value is -0.900. The van der Waals surface area contributed by atoms with Crippen LogP contribution >= 0.6 is 15.9 Å². The van der Waals surface area contributed by atoms with E-state index in [2.05, 4.69) is 20.9 Å². The maximum absolute atomic E-state index is 13.3. The van der Waals surface area contributed by atoms with E-state index >= 15 is 0 Å². The van der Waals surface area contributed by atoms with Gasteiger partial charge in [-0.25, -0.2) is 9.37 Å². The van der Waals surface area contributed by atoms with Crippen LogP contribution in [0.2, 0.25) is 0 Å². The second-order valence-electron chi connectivity index (χ2n) is 3.50. The molecule has 1 heterocycles. The second-order valence-corrected chi connectivity index (χ2v) is 4.35. The van der Waals surface area contributed by atoms with E-state index in [1.165, 1.54) is 6.07 Å². The van der Waals surface area contributed by atoms with Gasteiger partial charge in [0.05, 0.1) is 21.8 Å². The average molecular weight is 257 g/mol. The van der Waals surface area contributed by atoms with Crippen LogP contribution in [-0.4, -0.2) is 9.55 Å². The summed E-state index contributed by atoms with van der Waals surface area (Å²) in [6.45, 7) is 4.09. The highest BCUT2D eigenvalue weighted by Gasteiger charge is 2.08. The van der Waals surface area contributed by atoms with E-state index in [9.17, 15) is 4.39 Å². The first-order chi connectivity index (χ1) is 6.59. The minimum absolute atomic E-state index is 0.250. The Labute approximate surface area is 89.9 Å². The lowest BCUT2D eigenvalue weighted by molar-refractivity contribution is 0.606. The van der Waals surface area contributed by atoms with Gasteiger partial charge in [-0.05, 0) is 35.8 Å². The Balaban J connectivity index is 2.74. The summed E-state index contributed by atoms with van der Waals surface area (Å²) in [7, 11) is 0. The number of halogens is 2. The van der Waals surface area contributed by atoms with Crippen LogP contribution < -0.4 is 0 Å². The summed E-state index contributed by atoms with van der Waals surface area (Å²) in [5.41, 5.74) is 1.65. The molecule has 0 aliphatic heterocycles. The van der Waals surface area contributed by atoms with Crippen LogP contribution in [-0.2, 0) is 0 Å². The normalized spacial score (nSPS) is 11.5. The highest BCUT2D eigenvalue weighted by atomic mass is 79.9. The Morgan fingerprint density at radius 3 is 2.79 bits per heavy atom. The molecule has 0 N–H and O–H groups in total. The number of nitrogens with zero attached hydrogens (tertiary/aromatic N) is 2. The molecule has 74 valence electrons. The topological polar surface area (TPSA) is 17.8 Å². The molecular weight excluding hydrogens is 247 g/mol. The van der Waals surface area contributed by atoms with Crippen LogP contribution in [0.3, 0.4) is 0 Å². The maximum atomic E-state index is 13.3. The van der Waals surface area contributed by atoms with Crippen molar-refractivity contribution in [2.24, 2.45) is 0 Å². The van der Waals surface area contributed by atoms with Crippen molar-refractivity contribution >= 4 is 27.0 Å². The lowest BCUT2D eigenvalue weighted by Crippen LogP contribution is -1.98. The Bertz CT molecular complexity index is 476. The lowest BCUT2D eigenvalue weighted by atomic mass is 10.3. The molecule has 0 saturated heterocycles. The standard InChI is InChI=1S/C10H10BrFN2/c1-6(2)14-5-13-9-3-7(11)8(12)4-10(9)14/h3-6H,1-2H3. The van der Waals surface area contributed by atoms with Gasteiger partial charge in [0.1, 0.15) is 5.82 Å². The molecule has 0 bridgehead atoms. The molecule has 1 aromatic carbocycles. The number of benzene rings is 1. The molecule has 14 heavy (non-hydrogen) atoms. The predicted molar refractivity (Wildman–Crippen MR) is 57.8 cm³/mol. The summed E-state index contributed by atoms with van der Waals surface area (Å²) in [5, 5.41) is 0. The Morgan fingerprint density at radius 2 is 2.14 bits per heavy atom. The van der Waals surface area contributed by atoms with Crippen LogP contribution in [0.15, 0.2) is 22.9 Å². The Morgan fingerprint density at radius 1 is 1.43 bits per heavy atom. The molecule has 2 nitrogen and oxygen atoms in total. The summed E-state index contributed by atoms with van der Waals surface area (Å²) < 4.78 is 15.7. The van der Waals surface area contributed by atoms with Gasteiger partial charge in [-0.3, -0.25) is 0 Å². The third kappa shape index (κ3) is 1.43. The molecule has 0 spiro atoms. The summed E-state index contributed by atoms with van der Waals surface area (Å²) >= 11 is 3.14. The molecule has 0 saturated carbocycles. The van der Waals surface area contributed by atoms with E-state index in [0.717, 1.165) is 11.0 Å². The summed E-state index contributed by atoms with van der Waals surface area (Å²) in [6, 6.07) is 3.50. The van der Waals surface area contributed by atoms with Crippen molar-refractivity contribution in [3.63, 3.8) is 0 Å². The molecule has 0 unspecified atom stereocenters. The van der Waals surface area contributed by atoms with Crippen LogP contribution in [0.4, 0.5) is 4.39 Å². The first-order valence-electron chi connectivity index (χ1n) is 4.41. The fourth-order valence-electron chi connectivity index (χ4n) is 1.43. The predicted octanol–water partition coefficient (Wildman–Crippen LogP) is 3.52. The van der Waals surface area contributed by atoms with E-state index in [-0.39, 0.29) is 5.82 Å². The number of imidazole rings is 1. The van der Waals surface area contributed by atoms with E-state index in [1.54, 1.807) is 12.4 Å². The summed E-state index contributed by atoms with van der Waals surface area (Å²) in [4.78, 5) is 4.21. The van der Waals surface area contributed by atoms with Crippen LogP contribution in [0.1, 0.15) is 19.9 Å². The van der Waals surface area contributed by atoms with Crippen molar-refractivity contribution in [2.75, 3.05) is 0 Å². The zero-order valence-electron chi connectivity index (χ0n) is 7.96. The number of hydrogen-bond donors (Lipinski definition) is 0.